The van der Waals surface area contributed by atoms with Crippen LogP contribution in [0.15, 0.2) is 23.8 Å². The summed E-state index contributed by atoms with van der Waals surface area (Å²) in [4.78, 5) is 13.5. The summed E-state index contributed by atoms with van der Waals surface area (Å²) in [6.45, 7) is 11.7. The molecule has 6 aliphatic rings. The summed E-state index contributed by atoms with van der Waals surface area (Å²) >= 11 is 0. The van der Waals surface area contributed by atoms with Gasteiger partial charge in [-0.05, 0) is 43.8 Å². The molecule has 38 heavy (non-hydrogen) atoms. The Kier molecular flexibility index (Phi) is 6.18. The van der Waals surface area contributed by atoms with E-state index in [0.717, 1.165) is 24.8 Å². The maximum Gasteiger partial charge on any atom is 0.284 e. The second-order valence-electron chi connectivity index (χ2n) is 13.0. The lowest BCUT2D eigenvalue weighted by molar-refractivity contribution is -0.430. The highest BCUT2D eigenvalue weighted by Crippen LogP contribution is 2.73. The van der Waals surface area contributed by atoms with E-state index >= 15 is 0 Å². The van der Waals surface area contributed by atoms with Crippen LogP contribution in [0.1, 0.15) is 85.5 Å². The number of carbonyl (C=O) groups is 1. The van der Waals surface area contributed by atoms with E-state index in [-0.39, 0.29) is 5.92 Å². The monoisotopic (exact) mass is 532 g/mol. The number of hydrogen-bond acceptors (Lipinski definition) is 8. The smallest absolute Gasteiger partial charge is 0.284 e. The molecule has 0 aromatic rings. The lowest BCUT2D eigenvalue weighted by Gasteiger charge is -2.59. The van der Waals surface area contributed by atoms with Crippen molar-refractivity contribution in [2.45, 2.75) is 132 Å². The van der Waals surface area contributed by atoms with Gasteiger partial charge in [0.2, 0.25) is 0 Å². The van der Waals surface area contributed by atoms with E-state index in [2.05, 4.69) is 20.4 Å². The highest BCUT2D eigenvalue weighted by molar-refractivity contribution is 6.05. The Labute approximate surface area is 225 Å². The third kappa shape index (κ3) is 3.14. The van der Waals surface area contributed by atoms with Crippen molar-refractivity contribution in [3.05, 3.63) is 23.8 Å². The van der Waals surface area contributed by atoms with Crippen LogP contribution in [-0.4, -0.2) is 74.4 Å². The van der Waals surface area contributed by atoms with E-state index in [0.29, 0.717) is 18.4 Å². The van der Waals surface area contributed by atoms with Gasteiger partial charge < -0.3 is 34.3 Å². The molecule has 3 aliphatic heterocycles. The molecule has 3 heterocycles. The Morgan fingerprint density at radius 3 is 2.45 bits per heavy atom. The van der Waals surface area contributed by atoms with Crippen molar-refractivity contribution in [2.24, 2.45) is 17.8 Å². The lowest BCUT2D eigenvalue weighted by Crippen LogP contribution is -2.72. The Morgan fingerprint density at radius 2 is 1.79 bits per heavy atom. The van der Waals surface area contributed by atoms with E-state index in [4.69, 9.17) is 18.9 Å². The number of Topliss-reactive ketones (excluding diaryl/α,β-unsaturated/α-hetero) is 1. The minimum absolute atomic E-state index is 0.183. The van der Waals surface area contributed by atoms with Gasteiger partial charge in [0.1, 0.15) is 29.5 Å². The van der Waals surface area contributed by atoms with Crippen LogP contribution in [0.25, 0.3) is 0 Å². The third-order valence-corrected chi connectivity index (χ3v) is 10.8. The predicted molar refractivity (Wildman–Crippen MR) is 138 cm³/mol. The van der Waals surface area contributed by atoms with Crippen LogP contribution >= 0.6 is 0 Å². The van der Waals surface area contributed by atoms with Gasteiger partial charge in [-0.2, -0.15) is 0 Å². The molecule has 2 saturated carbocycles. The average molecular weight is 533 g/mol. The van der Waals surface area contributed by atoms with E-state index in [9.17, 15) is 20.1 Å². The fraction of sp³-hybridized carbons (Fsp3) is 0.833. The normalized spacial score (nSPS) is 51.8. The van der Waals surface area contributed by atoms with Crippen LogP contribution in [0.4, 0.5) is 0 Å². The van der Waals surface area contributed by atoms with Crippen molar-refractivity contribution >= 4 is 5.78 Å². The number of epoxide rings is 1. The number of carbonyl (C=O) groups excluding carboxylic acids is 1. The summed E-state index contributed by atoms with van der Waals surface area (Å²) < 4.78 is 26.7. The van der Waals surface area contributed by atoms with Crippen LogP contribution in [0, 0.1) is 17.8 Å². The summed E-state index contributed by atoms with van der Waals surface area (Å²) in [5, 5.41) is 34.1. The highest BCUT2D eigenvalue weighted by atomic mass is 16.9. The van der Waals surface area contributed by atoms with Gasteiger partial charge in [-0.15, -0.1) is 0 Å². The van der Waals surface area contributed by atoms with Crippen molar-refractivity contribution < 1.29 is 39.1 Å². The van der Waals surface area contributed by atoms with Crippen LogP contribution in [0.2, 0.25) is 0 Å². The van der Waals surface area contributed by atoms with E-state index < -0.39 is 70.9 Å². The first-order chi connectivity index (χ1) is 18.0. The standard InChI is InChI=1S/C30H44O8/c1-6-7-8-9-10-11-12-13-28-36-23-21-24-27(16-31,35-24)25(33)29(34)20(14-18(4)22(29)32)30(21,38-28)19(5)15-26(23,37-28)17(2)3/h14,19-21,23-25,31,33-34H,2,6-13,15-16H2,1,3-5H3/t19-,20-,21+,23-,24+,25-,26-,27+,28?,29-,30+/m1/s1. The molecule has 3 N–H and O–H groups in total. The first kappa shape index (κ1) is 27.1. The number of aliphatic hydroxyl groups is 3. The Morgan fingerprint density at radius 1 is 1.11 bits per heavy atom. The van der Waals surface area contributed by atoms with Gasteiger partial charge in [-0.25, -0.2) is 0 Å². The van der Waals surface area contributed by atoms with E-state index in [1.165, 1.54) is 25.7 Å². The van der Waals surface area contributed by atoms with Crippen LogP contribution in [0.3, 0.4) is 0 Å². The molecule has 6 rings (SSSR count). The number of aliphatic hydroxyl groups excluding tert-OH is 2. The third-order valence-electron chi connectivity index (χ3n) is 10.8. The van der Waals surface area contributed by atoms with Gasteiger partial charge in [0.15, 0.2) is 11.4 Å². The average Bonchev–Trinajstić information content (AvgIpc) is 3.52. The van der Waals surface area contributed by atoms with Gasteiger partial charge in [0.05, 0.1) is 12.2 Å². The Balaban J connectivity index is 1.41. The minimum Gasteiger partial charge on any atom is -0.393 e. The SMILES string of the molecule is C=C(C)[C@]12C[C@@H](C)[C@@]34OC(CCCCCCCCC)(O[C@@H]1[C@H]3[C@@H]1O[C@]1(CO)[C@@H](O)[C@]1(O)C(=O)C(C)=C[C@H]14)O2. The topological polar surface area (TPSA) is 118 Å². The molecule has 0 aromatic carbocycles. The molecular formula is C30H44O8. The maximum atomic E-state index is 13.5. The van der Waals surface area contributed by atoms with Crippen molar-refractivity contribution in [3.8, 4) is 0 Å². The molecule has 0 amide bonds. The molecule has 3 saturated heterocycles. The van der Waals surface area contributed by atoms with E-state index in [1.807, 2.05) is 6.92 Å². The highest BCUT2D eigenvalue weighted by Gasteiger charge is 2.88. The fourth-order valence-electron chi connectivity index (χ4n) is 8.83. The number of ketones is 1. The summed E-state index contributed by atoms with van der Waals surface area (Å²) in [5.41, 5.74) is -4.36. The molecule has 11 atom stereocenters. The number of fused-ring (bicyclic) bond motifs is 3. The Hall–Kier alpha value is -1.13. The van der Waals surface area contributed by atoms with Gasteiger partial charge in [0, 0.05) is 18.3 Å². The molecule has 5 fully saturated rings. The zero-order valence-corrected chi connectivity index (χ0v) is 23.2. The second-order valence-corrected chi connectivity index (χ2v) is 13.0. The number of rotatable bonds is 10. The molecule has 212 valence electrons. The van der Waals surface area contributed by atoms with Gasteiger partial charge >= 0.3 is 0 Å². The molecule has 0 radical (unpaired) electrons. The zero-order chi connectivity index (χ0) is 27.3. The first-order valence-corrected chi connectivity index (χ1v) is 14.7. The molecule has 0 spiro atoms. The largest absolute Gasteiger partial charge is 0.393 e. The molecule has 0 aromatic heterocycles. The molecule has 8 nitrogen and oxygen atoms in total. The zero-order valence-electron chi connectivity index (χ0n) is 23.2. The van der Waals surface area contributed by atoms with Crippen molar-refractivity contribution in [3.63, 3.8) is 0 Å². The van der Waals surface area contributed by atoms with Gasteiger partial charge in [0.25, 0.3) is 5.97 Å². The molecule has 1 unspecified atom stereocenters. The second kappa shape index (κ2) is 8.68. The quantitative estimate of drug-likeness (QED) is 0.223. The molecular weight excluding hydrogens is 488 g/mol. The number of unbranched alkanes of at least 4 members (excludes halogenated alkanes) is 6. The van der Waals surface area contributed by atoms with Crippen LogP contribution in [-0.2, 0) is 23.7 Å². The van der Waals surface area contributed by atoms with Crippen molar-refractivity contribution in [2.75, 3.05) is 6.61 Å². The van der Waals surface area contributed by atoms with Crippen molar-refractivity contribution in [1.82, 2.24) is 0 Å². The van der Waals surface area contributed by atoms with Gasteiger partial charge in [-0.3, -0.25) is 4.79 Å². The fourth-order valence-corrected chi connectivity index (χ4v) is 8.83. The number of ether oxygens (including phenoxy) is 4. The van der Waals surface area contributed by atoms with Crippen LogP contribution in [0.5, 0.6) is 0 Å². The molecule has 3 aliphatic carbocycles. The summed E-state index contributed by atoms with van der Waals surface area (Å²) in [7, 11) is 0. The lowest BCUT2D eigenvalue weighted by atomic mass is 9.54. The maximum absolute atomic E-state index is 13.5. The summed E-state index contributed by atoms with van der Waals surface area (Å²) in [5.74, 6) is -3.38. The summed E-state index contributed by atoms with van der Waals surface area (Å²) in [6, 6.07) is 0. The first-order valence-electron chi connectivity index (χ1n) is 14.7. The molecule has 3 bridgehead atoms. The van der Waals surface area contributed by atoms with Gasteiger partial charge in [-0.1, -0.05) is 65.0 Å². The van der Waals surface area contributed by atoms with Crippen molar-refractivity contribution in [1.29, 1.82) is 0 Å². The minimum atomic E-state index is -2.18. The summed E-state index contributed by atoms with van der Waals surface area (Å²) in [6.07, 6.45) is 7.99. The number of hydrogen-bond donors (Lipinski definition) is 3. The Bertz CT molecular complexity index is 1060. The van der Waals surface area contributed by atoms with E-state index in [1.54, 1.807) is 13.0 Å². The molecule has 8 heteroatoms. The van der Waals surface area contributed by atoms with Crippen LogP contribution < -0.4 is 0 Å². The predicted octanol–water partition coefficient (Wildman–Crippen LogP) is 3.32.